The normalized spacial score (nSPS) is 18.0. The minimum atomic E-state index is -0.409. The molecule has 0 saturated carbocycles. The summed E-state index contributed by atoms with van der Waals surface area (Å²) in [5.41, 5.74) is 1.83. The second-order valence-electron chi connectivity index (χ2n) is 5.20. The van der Waals surface area contributed by atoms with Crippen LogP contribution in [0.2, 0.25) is 0 Å². The van der Waals surface area contributed by atoms with Crippen LogP contribution < -0.4 is 9.64 Å². The quantitative estimate of drug-likeness (QED) is 0.475. The molecule has 5 nitrogen and oxygen atoms in total. The Kier molecular flexibility index (Phi) is 3.33. The van der Waals surface area contributed by atoms with Crippen LogP contribution in [0, 0.1) is 0 Å². The van der Waals surface area contributed by atoms with Crippen LogP contribution in [0.15, 0.2) is 35.4 Å². The minimum absolute atomic E-state index is 0.213. The van der Waals surface area contributed by atoms with Crippen molar-refractivity contribution in [1.29, 1.82) is 0 Å². The van der Waals surface area contributed by atoms with Gasteiger partial charge in [-0.05, 0) is 49.9 Å². The minimum Gasteiger partial charge on any atom is -0.427 e. The zero-order valence-electron chi connectivity index (χ0n) is 11.7. The van der Waals surface area contributed by atoms with Gasteiger partial charge in [-0.15, -0.1) is 0 Å². The molecule has 0 atom stereocenters. The van der Waals surface area contributed by atoms with Crippen molar-refractivity contribution in [3.8, 4) is 5.75 Å². The van der Waals surface area contributed by atoms with Crippen molar-refractivity contribution in [1.82, 2.24) is 0 Å². The Balaban J connectivity index is 1.86. The maximum atomic E-state index is 12.4. The van der Waals surface area contributed by atoms with Crippen LogP contribution in [-0.4, -0.2) is 17.8 Å². The van der Waals surface area contributed by atoms with Gasteiger partial charge in [0.15, 0.2) is 0 Å². The van der Waals surface area contributed by atoms with Crippen molar-refractivity contribution in [3.63, 3.8) is 0 Å². The third-order valence-electron chi connectivity index (χ3n) is 3.75. The molecule has 2 amide bonds. The molecular formula is C16H15NO4. The summed E-state index contributed by atoms with van der Waals surface area (Å²) < 4.78 is 4.94. The van der Waals surface area contributed by atoms with Gasteiger partial charge in [0.1, 0.15) is 5.75 Å². The van der Waals surface area contributed by atoms with Crippen LogP contribution in [0.3, 0.4) is 0 Å². The lowest BCUT2D eigenvalue weighted by Gasteiger charge is -2.15. The SMILES string of the molecule is CC(=O)Oc1ccc(N2C(=O)C3=C(CCCC3)C2=O)cc1. The molecule has 1 aliphatic heterocycles. The molecule has 0 unspecified atom stereocenters. The summed E-state index contributed by atoms with van der Waals surface area (Å²) in [6.45, 7) is 1.32. The molecule has 0 radical (unpaired) electrons. The highest BCUT2D eigenvalue weighted by Crippen LogP contribution is 2.35. The van der Waals surface area contributed by atoms with Gasteiger partial charge in [0.2, 0.25) is 0 Å². The molecular weight excluding hydrogens is 270 g/mol. The third kappa shape index (κ3) is 2.35. The number of carbonyl (C=O) groups excluding carboxylic acids is 3. The number of nitrogens with zero attached hydrogens (tertiary/aromatic N) is 1. The van der Waals surface area contributed by atoms with Crippen molar-refractivity contribution in [2.45, 2.75) is 32.6 Å². The predicted molar refractivity (Wildman–Crippen MR) is 75.7 cm³/mol. The van der Waals surface area contributed by atoms with Gasteiger partial charge in [0.25, 0.3) is 11.8 Å². The van der Waals surface area contributed by atoms with Gasteiger partial charge in [-0.25, -0.2) is 4.90 Å². The molecule has 108 valence electrons. The fraction of sp³-hybridized carbons (Fsp3) is 0.312. The molecule has 5 heteroatoms. The number of rotatable bonds is 2. The van der Waals surface area contributed by atoms with E-state index in [1.165, 1.54) is 11.8 Å². The van der Waals surface area contributed by atoms with Crippen LogP contribution in [0.4, 0.5) is 5.69 Å². The lowest BCUT2D eigenvalue weighted by atomic mass is 9.93. The largest absolute Gasteiger partial charge is 0.427 e. The van der Waals surface area contributed by atoms with Crippen LogP contribution in [0.25, 0.3) is 0 Å². The van der Waals surface area contributed by atoms with Crippen LogP contribution in [0.1, 0.15) is 32.6 Å². The van der Waals surface area contributed by atoms with E-state index in [9.17, 15) is 14.4 Å². The summed E-state index contributed by atoms with van der Waals surface area (Å²) in [7, 11) is 0. The number of hydrogen-bond donors (Lipinski definition) is 0. The lowest BCUT2D eigenvalue weighted by molar-refractivity contribution is -0.132. The first-order chi connectivity index (χ1) is 10.1. The molecule has 1 aromatic carbocycles. The molecule has 0 spiro atoms. The number of ether oxygens (including phenoxy) is 1. The van der Waals surface area contributed by atoms with Gasteiger partial charge in [-0.3, -0.25) is 14.4 Å². The maximum Gasteiger partial charge on any atom is 0.308 e. The summed E-state index contributed by atoms with van der Waals surface area (Å²) in [4.78, 5) is 36.8. The highest BCUT2D eigenvalue weighted by Gasteiger charge is 2.39. The Morgan fingerprint density at radius 1 is 1.00 bits per heavy atom. The molecule has 0 fully saturated rings. The number of imide groups is 1. The number of carbonyl (C=O) groups is 3. The summed E-state index contributed by atoms with van der Waals surface area (Å²) in [6.07, 6.45) is 3.28. The smallest absolute Gasteiger partial charge is 0.308 e. The van der Waals surface area contributed by atoms with Crippen molar-refractivity contribution < 1.29 is 19.1 Å². The van der Waals surface area contributed by atoms with Crippen molar-refractivity contribution in [2.75, 3.05) is 4.90 Å². The lowest BCUT2D eigenvalue weighted by Crippen LogP contribution is -2.31. The first-order valence-electron chi connectivity index (χ1n) is 6.97. The van der Waals surface area contributed by atoms with Crippen molar-refractivity contribution in [3.05, 3.63) is 35.4 Å². The van der Waals surface area contributed by atoms with E-state index in [0.717, 1.165) is 12.8 Å². The Morgan fingerprint density at radius 3 is 2.00 bits per heavy atom. The molecule has 0 aromatic heterocycles. The molecule has 3 rings (SSSR count). The third-order valence-corrected chi connectivity index (χ3v) is 3.75. The van der Waals surface area contributed by atoms with Crippen molar-refractivity contribution >= 4 is 23.5 Å². The Labute approximate surface area is 122 Å². The Bertz CT molecular complexity index is 629. The van der Waals surface area contributed by atoms with E-state index >= 15 is 0 Å². The first kappa shape index (κ1) is 13.5. The monoisotopic (exact) mass is 285 g/mol. The molecule has 1 aromatic rings. The fourth-order valence-electron chi connectivity index (χ4n) is 2.80. The average molecular weight is 285 g/mol. The van der Waals surface area contributed by atoms with E-state index < -0.39 is 5.97 Å². The number of esters is 1. The molecule has 0 bridgehead atoms. The van der Waals surface area contributed by atoms with Gasteiger partial charge < -0.3 is 4.74 Å². The summed E-state index contributed by atoms with van der Waals surface area (Å²) >= 11 is 0. The molecule has 1 aliphatic carbocycles. The average Bonchev–Trinajstić information content (AvgIpc) is 2.72. The number of anilines is 1. The van der Waals surface area contributed by atoms with E-state index in [1.807, 2.05) is 0 Å². The van der Waals surface area contributed by atoms with E-state index in [1.54, 1.807) is 24.3 Å². The molecule has 2 aliphatic rings. The van der Waals surface area contributed by atoms with Crippen LogP contribution >= 0.6 is 0 Å². The molecule has 1 heterocycles. The molecule has 0 N–H and O–H groups in total. The van der Waals surface area contributed by atoms with E-state index in [0.29, 0.717) is 35.4 Å². The first-order valence-corrected chi connectivity index (χ1v) is 6.97. The van der Waals surface area contributed by atoms with Crippen LogP contribution in [-0.2, 0) is 14.4 Å². The van der Waals surface area contributed by atoms with E-state index in [2.05, 4.69) is 0 Å². The van der Waals surface area contributed by atoms with Gasteiger partial charge in [0, 0.05) is 18.1 Å². The fourth-order valence-corrected chi connectivity index (χ4v) is 2.80. The molecule has 21 heavy (non-hydrogen) atoms. The second kappa shape index (κ2) is 5.16. The predicted octanol–water partition coefficient (Wildman–Crippen LogP) is 2.36. The zero-order chi connectivity index (χ0) is 15.0. The van der Waals surface area contributed by atoms with Gasteiger partial charge in [-0.2, -0.15) is 0 Å². The Morgan fingerprint density at radius 2 is 1.52 bits per heavy atom. The highest BCUT2D eigenvalue weighted by molar-refractivity contribution is 6.33. The zero-order valence-corrected chi connectivity index (χ0v) is 11.7. The summed E-state index contributed by atoms with van der Waals surface area (Å²) in [5.74, 6) is -0.443. The summed E-state index contributed by atoms with van der Waals surface area (Å²) in [6, 6.07) is 6.39. The number of benzene rings is 1. The number of amides is 2. The maximum absolute atomic E-state index is 12.4. The summed E-state index contributed by atoms with van der Waals surface area (Å²) in [5, 5.41) is 0. The van der Waals surface area contributed by atoms with Gasteiger partial charge in [0.05, 0.1) is 5.69 Å². The Hall–Kier alpha value is -2.43. The van der Waals surface area contributed by atoms with Crippen LogP contribution in [0.5, 0.6) is 5.75 Å². The van der Waals surface area contributed by atoms with Gasteiger partial charge in [-0.1, -0.05) is 0 Å². The topological polar surface area (TPSA) is 63.7 Å². The molecule has 0 saturated heterocycles. The van der Waals surface area contributed by atoms with E-state index in [-0.39, 0.29) is 11.8 Å². The van der Waals surface area contributed by atoms with E-state index in [4.69, 9.17) is 4.74 Å². The van der Waals surface area contributed by atoms with Gasteiger partial charge >= 0.3 is 5.97 Å². The standard InChI is InChI=1S/C16H15NO4/c1-10(18)21-12-8-6-11(7-9-12)17-15(19)13-4-2-3-5-14(13)16(17)20/h6-9H,2-5H2,1H3. The van der Waals surface area contributed by atoms with Crippen molar-refractivity contribution in [2.24, 2.45) is 0 Å². The second-order valence-corrected chi connectivity index (χ2v) is 5.20. The highest BCUT2D eigenvalue weighted by atomic mass is 16.5. The number of hydrogen-bond acceptors (Lipinski definition) is 4.